The fourth-order valence-corrected chi connectivity index (χ4v) is 2.35. The molecule has 96 valence electrons. The minimum Gasteiger partial charge on any atom is -0.265 e. The van der Waals surface area contributed by atoms with E-state index >= 15 is 0 Å². The highest BCUT2D eigenvalue weighted by molar-refractivity contribution is 7.11. The molecule has 0 aliphatic rings. The third kappa shape index (κ3) is 2.29. The standard InChI is InChI=1S/C11H10N6OS/c1-8-14-15-10(19-8)6-17-11(18)16(7-13-17)9-2-4-12-5-3-9/h2-5,7H,6H2,1H3. The third-order valence-electron chi connectivity index (χ3n) is 2.53. The zero-order valence-corrected chi connectivity index (χ0v) is 10.9. The van der Waals surface area contributed by atoms with E-state index in [2.05, 4.69) is 20.3 Å². The Morgan fingerprint density at radius 2 is 2.05 bits per heavy atom. The van der Waals surface area contributed by atoms with Crippen molar-refractivity contribution in [2.24, 2.45) is 0 Å². The summed E-state index contributed by atoms with van der Waals surface area (Å²) in [6.45, 7) is 2.21. The third-order valence-corrected chi connectivity index (χ3v) is 3.35. The van der Waals surface area contributed by atoms with Crippen molar-refractivity contribution >= 4 is 11.3 Å². The van der Waals surface area contributed by atoms with E-state index in [1.54, 1.807) is 24.5 Å². The van der Waals surface area contributed by atoms with Crippen LogP contribution in [0.3, 0.4) is 0 Å². The molecular formula is C11H10N6OS. The average Bonchev–Trinajstić information content (AvgIpc) is 2.99. The number of pyridine rings is 1. The van der Waals surface area contributed by atoms with Crippen molar-refractivity contribution in [2.75, 3.05) is 0 Å². The number of aryl methyl sites for hydroxylation is 1. The van der Waals surface area contributed by atoms with Gasteiger partial charge < -0.3 is 0 Å². The number of hydrogen-bond acceptors (Lipinski definition) is 6. The normalized spacial score (nSPS) is 10.8. The van der Waals surface area contributed by atoms with Crippen molar-refractivity contribution in [1.82, 2.24) is 29.5 Å². The summed E-state index contributed by atoms with van der Waals surface area (Å²) in [5.74, 6) is 0. The van der Waals surface area contributed by atoms with Crippen molar-refractivity contribution in [3.05, 3.63) is 51.4 Å². The highest BCUT2D eigenvalue weighted by Crippen LogP contribution is 2.08. The highest BCUT2D eigenvalue weighted by Gasteiger charge is 2.09. The zero-order chi connectivity index (χ0) is 13.2. The number of rotatable bonds is 3. The van der Waals surface area contributed by atoms with Crippen molar-refractivity contribution in [1.29, 1.82) is 0 Å². The molecule has 0 saturated heterocycles. The van der Waals surface area contributed by atoms with E-state index in [0.717, 1.165) is 15.7 Å². The lowest BCUT2D eigenvalue weighted by Crippen LogP contribution is -2.24. The maximum atomic E-state index is 12.2. The molecule has 0 bridgehead atoms. The summed E-state index contributed by atoms with van der Waals surface area (Å²) in [6, 6.07) is 3.50. The van der Waals surface area contributed by atoms with Gasteiger partial charge in [-0.15, -0.1) is 10.2 Å². The van der Waals surface area contributed by atoms with E-state index in [1.165, 1.54) is 26.9 Å². The second kappa shape index (κ2) is 4.73. The van der Waals surface area contributed by atoms with Crippen LogP contribution in [0, 0.1) is 6.92 Å². The van der Waals surface area contributed by atoms with Gasteiger partial charge in [0.1, 0.15) is 22.9 Å². The van der Waals surface area contributed by atoms with Crippen LogP contribution >= 0.6 is 11.3 Å². The molecule has 3 heterocycles. The SMILES string of the molecule is Cc1nnc(Cn2ncn(-c3ccncc3)c2=O)s1. The Kier molecular flexibility index (Phi) is 2.92. The van der Waals surface area contributed by atoms with Crippen molar-refractivity contribution in [3.63, 3.8) is 0 Å². The zero-order valence-electron chi connectivity index (χ0n) is 10.1. The molecule has 19 heavy (non-hydrogen) atoms. The van der Waals surface area contributed by atoms with Crippen LogP contribution in [0.1, 0.15) is 10.0 Å². The molecule has 0 aliphatic carbocycles. The maximum Gasteiger partial charge on any atom is 0.350 e. The van der Waals surface area contributed by atoms with Gasteiger partial charge in [0.25, 0.3) is 0 Å². The summed E-state index contributed by atoms with van der Waals surface area (Å²) in [5.41, 5.74) is 0.527. The van der Waals surface area contributed by atoms with Crippen LogP contribution in [0.25, 0.3) is 5.69 Å². The molecule has 0 amide bonds. The first-order chi connectivity index (χ1) is 9.24. The molecular weight excluding hydrogens is 264 g/mol. The lowest BCUT2D eigenvalue weighted by molar-refractivity contribution is 0.645. The Balaban J connectivity index is 1.93. The largest absolute Gasteiger partial charge is 0.350 e. The van der Waals surface area contributed by atoms with Gasteiger partial charge in [0.2, 0.25) is 0 Å². The van der Waals surface area contributed by atoms with Crippen LogP contribution in [-0.4, -0.2) is 29.5 Å². The number of aromatic nitrogens is 6. The molecule has 3 aromatic rings. The summed E-state index contributed by atoms with van der Waals surface area (Å²) in [4.78, 5) is 16.1. The van der Waals surface area contributed by atoms with E-state index in [4.69, 9.17) is 0 Å². The average molecular weight is 274 g/mol. The summed E-state index contributed by atoms with van der Waals surface area (Å²) >= 11 is 1.46. The van der Waals surface area contributed by atoms with Gasteiger partial charge in [-0.2, -0.15) is 5.10 Å². The van der Waals surface area contributed by atoms with Gasteiger partial charge >= 0.3 is 5.69 Å². The Labute approximate surface area is 112 Å². The minimum atomic E-state index is -0.209. The van der Waals surface area contributed by atoms with Crippen LogP contribution in [-0.2, 0) is 6.54 Å². The van der Waals surface area contributed by atoms with E-state index in [-0.39, 0.29) is 5.69 Å². The molecule has 0 fully saturated rings. The van der Waals surface area contributed by atoms with Gasteiger partial charge in [-0.25, -0.2) is 14.0 Å². The van der Waals surface area contributed by atoms with E-state index in [0.29, 0.717) is 6.54 Å². The van der Waals surface area contributed by atoms with Crippen molar-refractivity contribution < 1.29 is 0 Å². The number of nitrogens with zero attached hydrogens (tertiary/aromatic N) is 6. The van der Waals surface area contributed by atoms with Gasteiger partial charge in [0.05, 0.1) is 5.69 Å². The quantitative estimate of drug-likeness (QED) is 0.700. The van der Waals surface area contributed by atoms with Gasteiger partial charge in [0.15, 0.2) is 0 Å². The lowest BCUT2D eigenvalue weighted by Gasteiger charge is -1.98. The monoisotopic (exact) mass is 274 g/mol. The molecule has 0 aliphatic heterocycles. The van der Waals surface area contributed by atoms with Crippen molar-refractivity contribution in [3.8, 4) is 5.69 Å². The van der Waals surface area contributed by atoms with Gasteiger partial charge in [-0.1, -0.05) is 11.3 Å². The van der Waals surface area contributed by atoms with Gasteiger partial charge in [0, 0.05) is 12.4 Å². The Bertz CT molecular complexity index is 744. The summed E-state index contributed by atoms with van der Waals surface area (Å²) < 4.78 is 2.83. The lowest BCUT2D eigenvalue weighted by atomic mass is 10.4. The van der Waals surface area contributed by atoms with Crippen LogP contribution in [0.2, 0.25) is 0 Å². The predicted molar refractivity (Wildman–Crippen MR) is 69.4 cm³/mol. The Hall–Kier alpha value is -2.35. The minimum absolute atomic E-state index is 0.209. The molecule has 3 rings (SSSR count). The molecule has 3 aromatic heterocycles. The summed E-state index contributed by atoms with van der Waals surface area (Å²) in [6.07, 6.45) is 4.76. The molecule has 8 heteroatoms. The molecule has 0 unspecified atom stereocenters. The number of hydrogen-bond donors (Lipinski definition) is 0. The van der Waals surface area contributed by atoms with Crippen LogP contribution in [0.15, 0.2) is 35.6 Å². The second-order valence-corrected chi connectivity index (χ2v) is 5.13. The van der Waals surface area contributed by atoms with Crippen LogP contribution in [0.5, 0.6) is 0 Å². The predicted octanol–water partition coefficient (Wildman–Crippen LogP) is 0.637. The molecule has 0 N–H and O–H groups in total. The molecule has 0 atom stereocenters. The van der Waals surface area contributed by atoms with Crippen LogP contribution < -0.4 is 5.69 Å². The molecule has 7 nitrogen and oxygen atoms in total. The van der Waals surface area contributed by atoms with E-state index in [9.17, 15) is 4.79 Å². The first-order valence-electron chi connectivity index (χ1n) is 5.58. The van der Waals surface area contributed by atoms with E-state index in [1.807, 2.05) is 6.92 Å². The first kappa shape index (κ1) is 11.7. The smallest absolute Gasteiger partial charge is 0.265 e. The molecule has 0 saturated carbocycles. The summed E-state index contributed by atoms with van der Waals surface area (Å²) in [5, 5.41) is 13.6. The van der Waals surface area contributed by atoms with Crippen molar-refractivity contribution in [2.45, 2.75) is 13.5 Å². The summed E-state index contributed by atoms with van der Waals surface area (Å²) in [7, 11) is 0. The Morgan fingerprint density at radius 3 is 2.74 bits per heavy atom. The molecule has 0 spiro atoms. The molecule has 0 radical (unpaired) electrons. The molecule has 0 aromatic carbocycles. The van der Waals surface area contributed by atoms with Gasteiger partial charge in [-0.05, 0) is 19.1 Å². The second-order valence-electron chi connectivity index (χ2n) is 3.86. The highest BCUT2D eigenvalue weighted by atomic mass is 32.1. The topological polar surface area (TPSA) is 78.5 Å². The Morgan fingerprint density at radius 1 is 1.26 bits per heavy atom. The van der Waals surface area contributed by atoms with Gasteiger partial charge in [-0.3, -0.25) is 4.98 Å². The van der Waals surface area contributed by atoms with Crippen LogP contribution in [0.4, 0.5) is 0 Å². The maximum absolute atomic E-state index is 12.2. The fourth-order valence-electron chi connectivity index (χ4n) is 1.66. The first-order valence-corrected chi connectivity index (χ1v) is 6.39. The fraction of sp³-hybridized carbons (Fsp3) is 0.182. The van der Waals surface area contributed by atoms with E-state index < -0.39 is 0 Å².